The number of amides is 1. The van der Waals surface area contributed by atoms with Gasteiger partial charge in [0.2, 0.25) is 0 Å². The molecule has 9 nitrogen and oxygen atoms in total. The monoisotopic (exact) mass is 495 g/mol. The highest BCUT2D eigenvalue weighted by atomic mass is 35.5. The quantitative estimate of drug-likeness (QED) is 0.322. The molecule has 1 fully saturated rings. The molecule has 0 saturated carbocycles. The molecular weight excluding hydrogens is 473 g/mol. The van der Waals surface area contributed by atoms with E-state index in [9.17, 15) is 19.7 Å². The molecule has 0 spiro atoms. The first-order valence-electron chi connectivity index (χ1n) is 10.3. The third kappa shape index (κ3) is 5.85. The summed E-state index contributed by atoms with van der Waals surface area (Å²) in [5.41, 5.74) is 0.319. The number of benzene rings is 2. The summed E-state index contributed by atoms with van der Waals surface area (Å²) in [7, 11) is 0. The van der Waals surface area contributed by atoms with Crippen LogP contribution in [0.15, 0.2) is 36.4 Å². The predicted molar refractivity (Wildman–Crippen MR) is 124 cm³/mol. The SMILES string of the molecule is CCOC(=O)c1ccc(N2CCN(C(=O)[C@H](C)Oc3ccc(Cl)cc3Cl)CC2)c([N+](=O)[O-])c1. The molecule has 1 saturated heterocycles. The number of esters is 1. The summed E-state index contributed by atoms with van der Waals surface area (Å²) in [4.78, 5) is 39.3. The highest BCUT2D eigenvalue weighted by Gasteiger charge is 2.29. The number of nitrogens with zero attached hydrogens (tertiary/aromatic N) is 3. The molecule has 1 aliphatic rings. The van der Waals surface area contributed by atoms with Gasteiger partial charge in [0.25, 0.3) is 11.6 Å². The summed E-state index contributed by atoms with van der Waals surface area (Å²) >= 11 is 12.0. The Morgan fingerprint density at radius 3 is 2.42 bits per heavy atom. The van der Waals surface area contributed by atoms with Crippen molar-refractivity contribution in [1.29, 1.82) is 0 Å². The van der Waals surface area contributed by atoms with Crippen LogP contribution in [0.5, 0.6) is 5.75 Å². The Balaban J connectivity index is 1.65. The zero-order valence-corrected chi connectivity index (χ0v) is 19.6. The highest BCUT2D eigenvalue weighted by Crippen LogP contribution is 2.31. The first-order chi connectivity index (χ1) is 15.7. The summed E-state index contributed by atoms with van der Waals surface area (Å²) < 4.78 is 10.6. The Morgan fingerprint density at radius 2 is 1.82 bits per heavy atom. The fraction of sp³-hybridized carbons (Fsp3) is 0.364. The van der Waals surface area contributed by atoms with Crippen LogP contribution in [0.1, 0.15) is 24.2 Å². The Labute approximate surface area is 200 Å². The minimum atomic E-state index is -0.770. The third-order valence-corrected chi connectivity index (χ3v) is 5.69. The number of rotatable bonds is 7. The van der Waals surface area contributed by atoms with Gasteiger partial charge in [-0.25, -0.2) is 4.79 Å². The average Bonchev–Trinajstić information content (AvgIpc) is 2.80. The fourth-order valence-corrected chi connectivity index (χ4v) is 3.97. The number of halogens is 2. The number of carbonyl (C=O) groups is 2. The molecule has 3 rings (SSSR count). The van der Waals surface area contributed by atoms with Crippen molar-refractivity contribution in [1.82, 2.24) is 4.90 Å². The molecular formula is C22H23Cl2N3O6. The van der Waals surface area contributed by atoms with Crippen molar-refractivity contribution in [2.75, 3.05) is 37.7 Å². The average molecular weight is 496 g/mol. The summed E-state index contributed by atoms with van der Waals surface area (Å²) in [5.74, 6) is -0.469. The largest absolute Gasteiger partial charge is 0.479 e. The van der Waals surface area contributed by atoms with Gasteiger partial charge < -0.3 is 19.3 Å². The van der Waals surface area contributed by atoms with Gasteiger partial charge in [-0.15, -0.1) is 0 Å². The van der Waals surface area contributed by atoms with Gasteiger partial charge in [-0.3, -0.25) is 14.9 Å². The highest BCUT2D eigenvalue weighted by molar-refractivity contribution is 6.35. The van der Waals surface area contributed by atoms with Crippen LogP contribution in [0, 0.1) is 10.1 Å². The van der Waals surface area contributed by atoms with E-state index < -0.39 is 17.0 Å². The number of nitro groups is 1. The van der Waals surface area contributed by atoms with Crippen LogP contribution in [0.2, 0.25) is 10.0 Å². The third-order valence-electron chi connectivity index (χ3n) is 5.16. The molecule has 0 radical (unpaired) electrons. The molecule has 1 aliphatic heterocycles. The van der Waals surface area contributed by atoms with Crippen LogP contribution >= 0.6 is 23.2 Å². The van der Waals surface area contributed by atoms with Gasteiger partial charge in [-0.05, 0) is 44.2 Å². The van der Waals surface area contributed by atoms with Gasteiger partial charge in [-0.2, -0.15) is 0 Å². The summed E-state index contributed by atoms with van der Waals surface area (Å²) in [6.07, 6.45) is -0.770. The van der Waals surface area contributed by atoms with Crippen molar-refractivity contribution in [3.8, 4) is 5.75 Å². The van der Waals surface area contributed by atoms with Crippen LogP contribution in [-0.4, -0.2) is 60.6 Å². The predicted octanol–water partition coefficient (Wildman–Crippen LogP) is 4.19. The topological polar surface area (TPSA) is 102 Å². The lowest BCUT2D eigenvalue weighted by atomic mass is 10.1. The van der Waals surface area contributed by atoms with Crippen LogP contribution in [0.25, 0.3) is 0 Å². The van der Waals surface area contributed by atoms with Crippen molar-refractivity contribution in [2.45, 2.75) is 20.0 Å². The molecule has 1 amide bonds. The molecule has 0 bridgehead atoms. The van der Waals surface area contributed by atoms with E-state index in [0.717, 1.165) is 0 Å². The minimum absolute atomic E-state index is 0.118. The van der Waals surface area contributed by atoms with E-state index >= 15 is 0 Å². The van der Waals surface area contributed by atoms with E-state index in [-0.39, 0.29) is 23.8 Å². The van der Waals surface area contributed by atoms with E-state index in [4.69, 9.17) is 32.7 Å². The second kappa shape index (κ2) is 10.7. The summed E-state index contributed by atoms with van der Waals surface area (Å²) in [6, 6.07) is 9.02. The van der Waals surface area contributed by atoms with Crippen LogP contribution in [-0.2, 0) is 9.53 Å². The molecule has 11 heteroatoms. The molecule has 0 unspecified atom stereocenters. The van der Waals surface area contributed by atoms with Crippen molar-refractivity contribution in [3.63, 3.8) is 0 Å². The Morgan fingerprint density at radius 1 is 1.12 bits per heavy atom. The van der Waals surface area contributed by atoms with Gasteiger partial charge in [0.05, 0.1) is 22.1 Å². The zero-order valence-electron chi connectivity index (χ0n) is 18.1. The molecule has 1 atom stereocenters. The van der Waals surface area contributed by atoms with Gasteiger partial charge >= 0.3 is 5.97 Å². The molecule has 1 heterocycles. The Bertz CT molecular complexity index is 1060. The molecule has 33 heavy (non-hydrogen) atoms. The number of carbonyl (C=O) groups excluding carboxylic acids is 2. The van der Waals surface area contributed by atoms with Crippen LogP contribution in [0.4, 0.5) is 11.4 Å². The van der Waals surface area contributed by atoms with Crippen molar-refractivity contribution in [2.24, 2.45) is 0 Å². The van der Waals surface area contributed by atoms with E-state index in [1.54, 1.807) is 30.9 Å². The molecule has 0 N–H and O–H groups in total. The summed E-state index contributed by atoms with van der Waals surface area (Å²) in [5, 5.41) is 12.4. The number of piperazine rings is 1. The van der Waals surface area contributed by atoms with Crippen molar-refractivity contribution < 1.29 is 24.0 Å². The molecule has 2 aromatic rings. The Kier molecular flexibility index (Phi) is 7.99. The van der Waals surface area contributed by atoms with Crippen LogP contribution in [0.3, 0.4) is 0 Å². The molecule has 0 aromatic heterocycles. The smallest absolute Gasteiger partial charge is 0.338 e. The maximum absolute atomic E-state index is 12.8. The normalized spacial score (nSPS) is 14.5. The lowest BCUT2D eigenvalue weighted by Gasteiger charge is -2.36. The first kappa shape index (κ1) is 24.6. The number of hydrogen-bond donors (Lipinski definition) is 0. The Hall–Kier alpha value is -3.04. The number of ether oxygens (including phenoxy) is 2. The first-order valence-corrected chi connectivity index (χ1v) is 11.1. The fourth-order valence-electron chi connectivity index (χ4n) is 3.51. The zero-order chi connectivity index (χ0) is 24.1. The van der Waals surface area contributed by atoms with Gasteiger partial charge in [0.1, 0.15) is 11.4 Å². The standard InChI is InChI=1S/C22H23Cl2N3O6/c1-3-32-22(29)15-4-6-18(19(12-15)27(30)31)25-8-10-26(11-9-25)21(28)14(2)33-20-7-5-16(23)13-17(20)24/h4-7,12-14H,3,8-11H2,1-2H3/t14-/m0/s1. The maximum Gasteiger partial charge on any atom is 0.338 e. The molecule has 176 valence electrons. The van der Waals surface area contributed by atoms with E-state index in [1.807, 2.05) is 4.90 Å². The van der Waals surface area contributed by atoms with Gasteiger partial charge in [-0.1, -0.05) is 23.2 Å². The second-order valence-corrected chi connectivity index (χ2v) is 8.17. The maximum atomic E-state index is 12.8. The van der Waals surface area contributed by atoms with Crippen LogP contribution < -0.4 is 9.64 Å². The lowest BCUT2D eigenvalue weighted by molar-refractivity contribution is -0.384. The number of nitro benzene ring substituents is 1. The van der Waals surface area contributed by atoms with E-state index in [0.29, 0.717) is 47.7 Å². The lowest BCUT2D eigenvalue weighted by Crippen LogP contribution is -2.52. The molecule has 2 aromatic carbocycles. The summed E-state index contributed by atoms with van der Waals surface area (Å²) in [6.45, 7) is 4.97. The number of hydrogen-bond acceptors (Lipinski definition) is 7. The van der Waals surface area contributed by atoms with Crippen molar-refractivity contribution >= 4 is 46.5 Å². The number of anilines is 1. The van der Waals surface area contributed by atoms with Gasteiger partial charge in [0, 0.05) is 37.3 Å². The van der Waals surface area contributed by atoms with E-state index in [1.165, 1.54) is 24.3 Å². The second-order valence-electron chi connectivity index (χ2n) is 7.33. The van der Waals surface area contributed by atoms with Crippen molar-refractivity contribution in [3.05, 3.63) is 62.1 Å². The molecule has 0 aliphatic carbocycles. The van der Waals surface area contributed by atoms with Gasteiger partial charge in [0.15, 0.2) is 6.10 Å². The minimum Gasteiger partial charge on any atom is -0.479 e. The van der Waals surface area contributed by atoms with E-state index in [2.05, 4.69) is 0 Å².